The van der Waals surface area contributed by atoms with Crippen molar-refractivity contribution < 1.29 is 18.0 Å². The van der Waals surface area contributed by atoms with Gasteiger partial charge in [0.15, 0.2) is 5.17 Å². The average Bonchev–Trinajstić information content (AvgIpc) is 2.90. The molecule has 0 atom stereocenters. The zero-order valence-corrected chi connectivity index (χ0v) is 15.1. The quantitative estimate of drug-likeness (QED) is 0.618. The van der Waals surface area contributed by atoms with Crippen LogP contribution in [0.25, 0.3) is 6.08 Å². The molecule has 0 bridgehead atoms. The Bertz CT molecular complexity index is 942. The molecule has 1 aliphatic rings. The molecule has 0 aliphatic carbocycles. The second-order valence-corrected chi connectivity index (χ2v) is 7.01. The van der Waals surface area contributed by atoms with E-state index in [2.05, 4.69) is 10.3 Å². The first kappa shape index (κ1) is 18.8. The molecule has 1 saturated heterocycles. The fourth-order valence-corrected chi connectivity index (χ4v) is 3.27. The van der Waals surface area contributed by atoms with E-state index in [9.17, 15) is 18.0 Å². The molecular weight excluding hydrogens is 408 g/mol. The van der Waals surface area contributed by atoms with Gasteiger partial charge < -0.3 is 5.32 Å². The Morgan fingerprint density at radius 2 is 1.81 bits per heavy atom. The number of amides is 1. The summed E-state index contributed by atoms with van der Waals surface area (Å²) >= 11 is 13.0. The Balaban J connectivity index is 1.91. The molecule has 0 aromatic heterocycles. The highest BCUT2D eigenvalue weighted by Crippen LogP contribution is 2.36. The summed E-state index contributed by atoms with van der Waals surface area (Å²) in [5.41, 5.74) is -0.309. The number of benzene rings is 2. The minimum atomic E-state index is -4.51. The topological polar surface area (TPSA) is 41.5 Å². The molecule has 26 heavy (non-hydrogen) atoms. The fourth-order valence-electron chi connectivity index (χ4n) is 2.10. The van der Waals surface area contributed by atoms with Crippen LogP contribution in [0.1, 0.15) is 11.1 Å². The molecule has 1 amide bonds. The van der Waals surface area contributed by atoms with Crippen molar-refractivity contribution in [2.75, 3.05) is 0 Å². The lowest BCUT2D eigenvalue weighted by atomic mass is 10.2. The molecular formula is C17H9Cl2F3N2OS. The third-order valence-electron chi connectivity index (χ3n) is 3.34. The second kappa shape index (κ2) is 7.34. The number of amidine groups is 1. The number of carbonyl (C=O) groups is 1. The Morgan fingerprint density at radius 3 is 2.50 bits per heavy atom. The van der Waals surface area contributed by atoms with E-state index in [0.29, 0.717) is 15.5 Å². The van der Waals surface area contributed by atoms with Gasteiger partial charge in [-0.15, -0.1) is 0 Å². The summed E-state index contributed by atoms with van der Waals surface area (Å²) in [6.45, 7) is 0. The van der Waals surface area contributed by atoms with Gasteiger partial charge in [0.1, 0.15) is 0 Å². The van der Waals surface area contributed by atoms with Crippen LogP contribution in [0.5, 0.6) is 0 Å². The van der Waals surface area contributed by atoms with E-state index >= 15 is 0 Å². The lowest BCUT2D eigenvalue weighted by molar-refractivity contribution is -0.137. The van der Waals surface area contributed by atoms with Crippen LogP contribution < -0.4 is 5.32 Å². The van der Waals surface area contributed by atoms with E-state index in [4.69, 9.17) is 23.2 Å². The molecule has 2 aromatic rings. The smallest absolute Gasteiger partial charge is 0.300 e. The summed E-state index contributed by atoms with van der Waals surface area (Å²) < 4.78 is 38.5. The van der Waals surface area contributed by atoms with Gasteiger partial charge in [0, 0.05) is 5.02 Å². The predicted molar refractivity (Wildman–Crippen MR) is 98.7 cm³/mol. The molecule has 0 unspecified atom stereocenters. The number of aliphatic imine (C=N–C) groups is 1. The van der Waals surface area contributed by atoms with Crippen LogP contribution in [0.15, 0.2) is 52.4 Å². The molecule has 1 heterocycles. The SMILES string of the molecule is O=C1NC(=Nc2cc(C(F)(F)F)ccc2Cl)SC1=Cc1ccccc1Cl. The van der Waals surface area contributed by atoms with Crippen LogP contribution in [0.2, 0.25) is 10.0 Å². The number of thioether (sulfide) groups is 1. The van der Waals surface area contributed by atoms with Crippen LogP contribution in [-0.4, -0.2) is 11.1 Å². The number of rotatable bonds is 2. The first-order valence-corrected chi connectivity index (χ1v) is 8.72. The molecule has 1 N–H and O–H groups in total. The third kappa shape index (κ3) is 4.23. The first-order chi connectivity index (χ1) is 12.2. The van der Waals surface area contributed by atoms with Crippen molar-refractivity contribution in [1.29, 1.82) is 0 Å². The van der Waals surface area contributed by atoms with Crippen molar-refractivity contribution in [3.63, 3.8) is 0 Å². The van der Waals surface area contributed by atoms with Gasteiger partial charge in [0.2, 0.25) is 0 Å². The summed E-state index contributed by atoms with van der Waals surface area (Å²) in [7, 11) is 0. The maximum atomic E-state index is 12.8. The van der Waals surface area contributed by atoms with Gasteiger partial charge in [-0.2, -0.15) is 13.2 Å². The maximum Gasteiger partial charge on any atom is 0.416 e. The number of halogens is 5. The van der Waals surface area contributed by atoms with Gasteiger partial charge in [-0.25, -0.2) is 4.99 Å². The van der Waals surface area contributed by atoms with Crippen molar-refractivity contribution in [3.05, 3.63) is 68.5 Å². The van der Waals surface area contributed by atoms with Gasteiger partial charge >= 0.3 is 6.18 Å². The van der Waals surface area contributed by atoms with Gasteiger partial charge in [-0.1, -0.05) is 41.4 Å². The van der Waals surface area contributed by atoms with E-state index in [1.807, 2.05) is 0 Å². The average molecular weight is 417 g/mol. The molecule has 0 saturated carbocycles. The van der Waals surface area contributed by atoms with Crippen molar-refractivity contribution in [3.8, 4) is 0 Å². The van der Waals surface area contributed by atoms with Gasteiger partial charge in [0.05, 0.1) is 21.2 Å². The largest absolute Gasteiger partial charge is 0.416 e. The maximum absolute atomic E-state index is 12.8. The normalized spacial score (nSPS) is 17.8. The van der Waals surface area contributed by atoms with Crippen LogP contribution in [0, 0.1) is 0 Å². The van der Waals surface area contributed by atoms with Gasteiger partial charge in [-0.05, 0) is 47.7 Å². The zero-order chi connectivity index (χ0) is 18.9. The van der Waals surface area contributed by atoms with Crippen molar-refractivity contribution >= 4 is 57.8 Å². The van der Waals surface area contributed by atoms with Crippen molar-refractivity contribution in [2.45, 2.75) is 6.18 Å². The highest BCUT2D eigenvalue weighted by Gasteiger charge is 2.31. The summed E-state index contributed by atoms with van der Waals surface area (Å²) in [5.74, 6) is -0.420. The van der Waals surface area contributed by atoms with Crippen LogP contribution in [0.4, 0.5) is 18.9 Å². The standard InChI is InChI=1S/C17H9Cl2F3N2OS/c18-11-4-2-1-3-9(11)7-14-15(25)24-16(26-14)23-13-8-10(17(20,21)22)5-6-12(13)19/h1-8H,(H,23,24,25). The number of nitrogens with zero attached hydrogens (tertiary/aromatic N) is 1. The molecule has 134 valence electrons. The van der Waals surface area contributed by atoms with Crippen molar-refractivity contribution in [2.24, 2.45) is 4.99 Å². The Kier molecular flexibility index (Phi) is 5.32. The lowest BCUT2D eigenvalue weighted by Crippen LogP contribution is -2.19. The number of hydrogen-bond acceptors (Lipinski definition) is 3. The molecule has 1 aliphatic heterocycles. The Morgan fingerprint density at radius 1 is 1.08 bits per heavy atom. The number of alkyl halides is 3. The van der Waals surface area contributed by atoms with E-state index in [-0.39, 0.29) is 15.9 Å². The molecule has 1 fully saturated rings. The van der Waals surface area contributed by atoms with E-state index in [0.717, 1.165) is 30.0 Å². The Labute approximate surface area is 160 Å². The Hall–Kier alpha value is -1.96. The molecule has 3 nitrogen and oxygen atoms in total. The molecule has 2 aromatic carbocycles. The van der Waals surface area contributed by atoms with Gasteiger partial charge in [-0.3, -0.25) is 4.79 Å². The summed E-state index contributed by atoms with van der Waals surface area (Å²) in [6, 6.07) is 9.77. The van der Waals surface area contributed by atoms with Gasteiger partial charge in [0.25, 0.3) is 5.91 Å². The van der Waals surface area contributed by atoms with Crippen LogP contribution in [0.3, 0.4) is 0 Å². The molecule has 3 rings (SSSR count). The van der Waals surface area contributed by atoms with E-state index in [1.54, 1.807) is 30.3 Å². The minimum absolute atomic E-state index is 0.0453. The molecule has 0 radical (unpaired) electrons. The van der Waals surface area contributed by atoms with Crippen molar-refractivity contribution in [1.82, 2.24) is 5.32 Å². The lowest BCUT2D eigenvalue weighted by Gasteiger charge is -2.08. The highest BCUT2D eigenvalue weighted by molar-refractivity contribution is 8.18. The predicted octanol–water partition coefficient (Wildman–Crippen LogP) is 5.90. The summed E-state index contributed by atoms with van der Waals surface area (Å²) in [5, 5.41) is 3.15. The zero-order valence-electron chi connectivity index (χ0n) is 12.8. The number of hydrogen-bond donors (Lipinski definition) is 1. The second-order valence-electron chi connectivity index (χ2n) is 5.17. The van der Waals surface area contributed by atoms with E-state index in [1.165, 1.54) is 0 Å². The van der Waals surface area contributed by atoms with Crippen LogP contribution >= 0.6 is 35.0 Å². The highest BCUT2D eigenvalue weighted by atomic mass is 35.5. The van der Waals surface area contributed by atoms with E-state index < -0.39 is 17.6 Å². The number of nitrogens with one attached hydrogen (secondary N) is 1. The summed E-state index contributed by atoms with van der Waals surface area (Å²) in [6.07, 6.45) is -2.93. The number of carbonyl (C=O) groups excluding carboxylic acids is 1. The minimum Gasteiger partial charge on any atom is -0.300 e. The monoisotopic (exact) mass is 416 g/mol. The third-order valence-corrected chi connectivity index (χ3v) is 4.91. The molecule has 9 heteroatoms. The summed E-state index contributed by atoms with van der Waals surface area (Å²) in [4.78, 5) is 16.4. The first-order valence-electron chi connectivity index (χ1n) is 7.15. The fraction of sp³-hybridized carbons (Fsp3) is 0.0588. The molecule has 0 spiro atoms. The van der Waals surface area contributed by atoms with Crippen LogP contribution in [-0.2, 0) is 11.0 Å².